The van der Waals surface area contributed by atoms with Crippen LogP contribution in [-0.4, -0.2) is 32.3 Å². The van der Waals surface area contributed by atoms with E-state index in [1.54, 1.807) is 36.7 Å². The van der Waals surface area contributed by atoms with Crippen molar-refractivity contribution in [2.75, 3.05) is 11.1 Å². The van der Waals surface area contributed by atoms with Crippen LogP contribution in [0.1, 0.15) is 34.7 Å². The molecule has 2 aromatic carbocycles. The van der Waals surface area contributed by atoms with Gasteiger partial charge in [-0.3, -0.25) is 9.59 Å². The van der Waals surface area contributed by atoms with Gasteiger partial charge in [-0.1, -0.05) is 41.6 Å². The second-order valence-electron chi connectivity index (χ2n) is 6.88. The van der Waals surface area contributed by atoms with Crippen molar-refractivity contribution in [3.05, 3.63) is 70.3 Å². The van der Waals surface area contributed by atoms with Gasteiger partial charge in [-0.25, -0.2) is 4.39 Å². The van der Waals surface area contributed by atoms with Crippen molar-refractivity contribution in [3.8, 4) is 0 Å². The number of aryl methyl sites for hydroxylation is 1. The Labute approximate surface area is 188 Å². The minimum absolute atomic E-state index is 0.0426. The number of rotatable bonds is 7. The summed E-state index contributed by atoms with van der Waals surface area (Å²) in [6.07, 6.45) is 0. The molecular formula is C21H21ClFN5O2S. The molecule has 7 nitrogen and oxygen atoms in total. The van der Waals surface area contributed by atoms with Crippen molar-refractivity contribution >= 4 is 40.9 Å². The highest BCUT2D eigenvalue weighted by Crippen LogP contribution is 2.22. The summed E-state index contributed by atoms with van der Waals surface area (Å²) in [6.45, 7) is 3.61. The summed E-state index contributed by atoms with van der Waals surface area (Å²) in [4.78, 5) is 24.6. The Hall–Kier alpha value is -2.91. The highest BCUT2D eigenvalue weighted by Gasteiger charge is 2.20. The van der Waals surface area contributed by atoms with Gasteiger partial charge in [0.05, 0.1) is 17.4 Å². The zero-order valence-corrected chi connectivity index (χ0v) is 18.7. The molecule has 0 spiro atoms. The molecule has 0 unspecified atom stereocenters. The van der Waals surface area contributed by atoms with Gasteiger partial charge in [0.2, 0.25) is 5.91 Å². The Balaban J connectivity index is 1.59. The lowest BCUT2D eigenvalue weighted by molar-refractivity contribution is -0.113. The van der Waals surface area contributed by atoms with E-state index in [2.05, 4.69) is 20.8 Å². The quantitative estimate of drug-likeness (QED) is 0.516. The van der Waals surface area contributed by atoms with Crippen molar-refractivity contribution in [2.24, 2.45) is 7.05 Å². The van der Waals surface area contributed by atoms with Gasteiger partial charge in [-0.15, -0.1) is 10.2 Å². The van der Waals surface area contributed by atoms with E-state index < -0.39 is 17.8 Å². The first-order valence-corrected chi connectivity index (χ1v) is 10.8. The van der Waals surface area contributed by atoms with Crippen LogP contribution in [0, 0.1) is 12.7 Å². The van der Waals surface area contributed by atoms with E-state index in [0.29, 0.717) is 21.7 Å². The minimum Gasteiger partial charge on any atom is -0.342 e. The molecule has 3 rings (SSSR count). The molecule has 31 heavy (non-hydrogen) atoms. The fraction of sp³-hybridized carbons (Fsp3) is 0.238. The molecule has 0 aliphatic carbocycles. The lowest BCUT2D eigenvalue weighted by Gasteiger charge is -2.14. The Morgan fingerprint density at radius 1 is 1.23 bits per heavy atom. The van der Waals surface area contributed by atoms with E-state index in [0.717, 1.165) is 5.56 Å². The molecule has 2 amide bonds. The molecule has 0 radical (unpaired) electrons. The van der Waals surface area contributed by atoms with Crippen LogP contribution in [0.5, 0.6) is 0 Å². The maximum Gasteiger partial charge on any atom is 0.254 e. The van der Waals surface area contributed by atoms with Gasteiger partial charge in [0.1, 0.15) is 5.82 Å². The number of nitrogens with one attached hydrogen (secondary N) is 2. The highest BCUT2D eigenvalue weighted by atomic mass is 35.5. The molecule has 0 saturated heterocycles. The molecule has 162 valence electrons. The normalized spacial score (nSPS) is 11.8. The first kappa shape index (κ1) is 22.8. The summed E-state index contributed by atoms with van der Waals surface area (Å²) in [6, 6.07) is 10.5. The standard InChI is InChI=1S/C21H21ClFN5O2S/c1-12-8-9-14(10-16(12)22)25-18(29)11-31-21-27-26-19(28(21)3)13(2)24-20(30)15-6-4-5-7-17(15)23/h4-10,13H,11H2,1-3H3,(H,24,30)(H,25,29)/t13-/m0/s1. The molecule has 1 atom stereocenters. The molecule has 1 aromatic heterocycles. The van der Waals surface area contributed by atoms with E-state index in [9.17, 15) is 14.0 Å². The average Bonchev–Trinajstić information content (AvgIpc) is 3.10. The van der Waals surface area contributed by atoms with Gasteiger partial charge in [-0.2, -0.15) is 0 Å². The Morgan fingerprint density at radius 2 is 1.97 bits per heavy atom. The fourth-order valence-corrected chi connectivity index (χ4v) is 3.71. The summed E-state index contributed by atoms with van der Waals surface area (Å²) in [7, 11) is 1.74. The highest BCUT2D eigenvalue weighted by molar-refractivity contribution is 7.99. The van der Waals surface area contributed by atoms with Crippen LogP contribution in [0.4, 0.5) is 10.1 Å². The smallest absolute Gasteiger partial charge is 0.254 e. The average molecular weight is 462 g/mol. The molecule has 0 aliphatic heterocycles. The number of hydrogen-bond donors (Lipinski definition) is 2. The van der Waals surface area contributed by atoms with E-state index in [-0.39, 0.29) is 17.2 Å². The Morgan fingerprint density at radius 3 is 2.68 bits per heavy atom. The topological polar surface area (TPSA) is 88.9 Å². The number of benzene rings is 2. The molecule has 0 aliphatic rings. The third-order valence-corrected chi connectivity index (χ3v) is 5.94. The first-order chi connectivity index (χ1) is 14.8. The summed E-state index contributed by atoms with van der Waals surface area (Å²) < 4.78 is 15.5. The van der Waals surface area contributed by atoms with Crippen LogP contribution in [0.15, 0.2) is 47.6 Å². The maximum absolute atomic E-state index is 13.8. The molecule has 0 fully saturated rings. The maximum atomic E-state index is 13.8. The van der Waals surface area contributed by atoms with Gasteiger partial charge in [0, 0.05) is 17.8 Å². The molecule has 0 saturated carbocycles. The predicted molar refractivity (Wildman–Crippen MR) is 119 cm³/mol. The van der Waals surface area contributed by atoms with Crippen LogP contribution in [0.25, 0.3) is 0 Å². The third kappa shape index (κ3) is 5.62. The molecule has 3 aromatic rings. The van der Waals surface area contributed by atoms with Crippen LogP contribution in [0.3, 0.4) is 0 Å². The number of amides is 2. The molecule has 1 heterocycles. The van der Waals surface area contributed by atoms with Gasteiger partial charge in [0.25, 0.3) is 5.91 Å². The summed E-state index contributed by atoms with van der Waals surface area (Å²) >= 11 is 7.29. The number of hydrogen-bond acceptors (Lipinski definition) is 5. The number of anilines is 1. The van der Waals surface area contributed by atoms with Crippen LogP contribution in [-0.2, 0) is 11.8 Å². The third-order valence-electron chi connectivity index (χ3n) is 4.51. The van der Waals surface area contributed by atoms with E-state index in [4.69, 9.17) is 11.6 Å². The summed E-state index contributed by atoms with van der Waals surface area (Å²) in [5, 5.41) is 14.8. The van der Waals surface area contributed by atoms with Crippen molar-refractivity contribution in [2.45, 2.75) is 25.0 Å². The van der Waals surface area contributed by atoms with Gasteiger partial charge in [-0.05, 0) is 43.7 Å². The predicted octanol–water partition coefficient (Wildman–Crippen LogP) is 4.14. The van der Waals surface area contributed by atoms with Crippen LogP contribution in [0.2, 0.25) is 5.02 Å². The summed E-state index contributed by atoms with van der Waals surface area (Å²) in [5.74, 6) is -0.748. The van der Waals surface area contributed by atoms with E-state index in [1.165, 1.54) is 30.0 Å². The largest absolute Gasteiger partial charge is 0.342 e. The number of nitrogens with zero attached hydrogens (tertiary/aromatic N) is 3. The summed E-state index contributed by atoms with van der Waals surface area (Å²) in [5.41, 5.74) is 1.50. The van der Waals surface area contributed by atoms with E-state index >= 15 is 0 Å². The lowest BCUT2D eigenvalue weighted by Crippen LogP contribution is -2.29. The van der Waals surface area contributed by atoms with Gasteiger partial charge < -0.3 is 15.2 Å². The molecule has 0 bridgehead atoms. The van der Waals surface area contributed by atoms with Crippen molar-refractivity contribution in [1.82, 2.24) is 20.1 Å². The lowest BCUT2D eigenvalue weighted by atomic mass is 10.2. The van der Waals surface area contributed by atoms with Gasteiger partial charge >= 0.3 is 0 Å². The number of halogens is 2. The van der Waals surface area contributed by atoms with Crippen LogP contribution >= 0.6 is 23.4 Å². The fourth-order valence-electron chi connectivity index (χ4n) is 2.81. The zero-order chi connectivity index (χ0) is 22.5. The van der Waals surface area contributed by atoms with Crippen molar-refractivity contribution < 1.29 is 14.0 Å². The van der Waals surface area contributed by atoms with Gasteiger partial charge in [0.15, 0.2) is 11.0 Å². The number of carbonyl (C=O) groups excluding carboxylic acids is 2. The second kappa shape index (κ2) is 9.93. The number of carbonyl (C=O) groups is 2. The Bertz CT molecular complexity index is 1120. The SMILES string of the molecule is Cc1ccc(NC(=O)CSc2nnc([C@H](C)NC(=O)c3ccccc3F)n2C)cc1Cl. The van der Waals surface area contributed by atoms with Crippen molar-refractivity contribution in [3.63, 3.8) is 0 Å². The monoisotopic (exact) mass is 461 g/mol. The number of aromatic nitrogens is 3. The zero-order valence-electron chi connectivity index (χ0n) is 17.1. The molecular weight excluding hydrogens is 441 g/mol. The van der Waals surface area contributed by atoms with Crippen molar-refractivity contribution in [1.29, 1.82) is 0 Å². The number of thioether (sulfide) groups is 1. The molecule has 2 N–H and O–H groups in total. The molecule has 10 heteroatoms. The second-order valence-corrected chi connectivity index (χ2v) is 8.23. The van der Waals surface area contributed by atoms with E-state index in [1.807, 2.05) is 13.0 Å². The Kier molecular flexibility index (Phi) is 7.29. The van der Waals surface area contributed by atoms with Crippen LogP contribution < -0.4 is 10.6 Å². The minimum atomic E-state index is -0.595. The first-order valence-electron chi connectivity index (χ1n) is 9.39.